The van der Waals surface area contributed by atoms with Crippen LogP contribution < -0.4 is 0 Å². The molecule has 0 saturated carbocycles. The lowest BCUT2D eigenvalue weighted by Crippen LogP contribution is -2.52. The number of nitriles is 1. The first-order valence-electron chi connectivity index (χ1n) is 6.26. The summed E-state index contributed by atoms with van der Waals surface area (Å²) >= 11 is 1.80. The topological polar surface area (TPSA) is 47.3 Å². The maximum absolute atomic E-state index is 12.2. The molecule has 2 fully saturated rings. The van der Waals surface area contributed by atoms with Crippen LogP contribution in [0, 0.1) is 11.3 Å². The Morgan fingerprint density at radius 2 is 2.12 bits per heavy atom. The van der Waals surface area contributed by atoms with Crippen molar-refractivity contribution in [1.29, 1.82) is 5.26 Å². The molecule has 4 nitrogen and oxygen atoms in total. The second-order valence-electron chi connectivity index (χ2n) is 4.67. The van der Waals surface area contributed by atoms with Crippen LogP contribution in [-0.2, 0) is 4.79 Å². The first kappa shape index (κ1) is 12.7. The van der Waals surface area contributed by atoms with Crippen molar-refractivity contribution in [1.82, 2.24) is 9.80 Å². The van der Waals surface area contributed by atoms with Crippen LogP contribution in [0.2, 0.25) is 0 Å². The summed E-state index contributed by atoms with van der Waals surface area (Å²) < 4.78 is 0. The fourth-order valence-corrected chi connectivity index (χ4v) is 3.63. The molecule has 2 atom stereocenters. The van der Waals surface area contributed by atoms with E-state index in [-0.39, 0.29) is 11.3 Å². The summed E-state index contributed by atoms with van der Waals surface area (Å²) in [6.07, 6.45) is 2.21. The lowest BCUT2D eigenvalue weighted by atomic mass is 10.2. The van der Waals surface area contributed by atoms with Gasteiger partial charge in [0.1, 0.15) is 0 Å². The molecule has 0 spiro atoms. The third kappa shape index (κ3) is 2.93. The van der Waals surface area contributed by atoms with Gasteiger partial charge in [-0.15, -0.1) is 11.8 Å². The van der Waals surface area contributed by atoms with E-state index >= 15 is 0 Å². The van der Waals surface area contributed by atoms with E-state index in [1.165, 1.54) is 6.42 Å². The molecule has 17 heavy (non-hydrogen) atoms. The van der Waals surface area contributed by atoms with E-state index in [4.69, 9.17) is 5.26 Å². The molecule has 0 N–H and O–H groups in total. The third-order valence-corrected chi connectivity index (χ3v) is 4.93. The van der Waals surface area contributed by atoms with Gasteiger partial charge in [-0.3, -0.25) is 9.69 Å². The SMILES string of the molecule is CC(C#N)N1CCN(C(=O)C2CCCS2)CC1. The fraction of sp³-hybridized carbons (Fsp3) is 0.833. The molecule has 2 aliphatic heterocycles. The van der Waals surface area contributed by atoms with Crippen LogP contribution in [0.15, 0.2) is 0 Å². The van der Waals surface area contributed by atoms with Gasteiger partial charge in [0.05, 0.1) is 17.4 Å². The highest BCUT2D eigenvalue weighted by atomic mass is 32.2. The summed E-state index contributed by atoms with van der Waals surface area (Å²) in [4.78, 5) is 16.3. The smallest absolute Gasteiger partial charge is 0.235 e. The van der Waals surface area contributed by atoms with Crippen molar-refractivity contribution in [2.75, 3.05) is 31.9 Å². The molecule has 0 aromatic carbocycles. The first-order valence-corrected chi connectivity index (χ1v) is 7.31. The number of hydrogen-bond acceptors (Lipinski definition) is 4. The highest BCUT2D eigenvalue weighted by molar-refractivity contribution is 8.00. The lowest BCUT2D eigenvalue weighted by Gasteiger charge is -2.36. The molecule has 94 valence electrons. The molecule has 2 saturated heterocycles. The molecule has 0 radical (unpaired) electrons. The summed E-state index contributed by atoms with van der Waals surface area (Å²) in [6.45, 7) is 5.14. The summed E-state index contributed by atoms with van der Waals surface area (Å²) in [7, 11) is 0. The van der Waals surface area contributed by atoms with Crippen molar-refractivity contribution in [3.63, 3.8) is 0 Å². The molecule has 2 unspecified atom stereocenters. The number of carbonyl (C=O) groups is 1. The summed E-state index contributed by atoms with van der Waals surface area (Å²) in [5.74, 6) is 1.44. The van der Waals surface area contributed by atoms with Crippen LogP contribution in [0.25, 0.3) is 0 Å². The second kappa shape index (κ2) is 5.74. The van der Waals surface area contributed by atoms with Gasteiger partial charge in [0.25, 0.3) is 0 Å². The minimum atomic E-state index is -0.0342. The molecule has 2 heterocycles. The van der Waals surface area contributed by atoms with E-state index < -0.39 is 0 Å². The minimum absolute atomic E-state index is 0.0342. The Labute approximate surface area is 107 Å². The number of hydrogen-bond donors (Lipinski definition) is 0. The Morgan fingerprint density at radius 3 is 2.65 bits per heavy atom. The van der Waals surface area contributed by atoms with Crippen LogP contribution in [0.3, 0.4) is 0 Å². The predicted molar refractivity (Wildman–Crippen MR) is 68.7 cm³/mol. The fourth-order valence-electron chi connectivity index (χ4n) is 2.39. The highest BCUT2D eigenvalue weighted by Crippen LogP contribution is 2.28. The number of rotatable bonds is 2. The van der Waals surface area contributed by atoms with E-state index in [0.717, 1.165) is 38.4 Å². The second-order valence-corrected chi connectivity index (χ2v) is 5.98. The Balaban J connectivity index is 1.82. The van der Waals surface area contributed by atoms with E-state index in [1.54, 1.807) is 11.8 Å². The molecular formula is C12H19N3OS. The Morgan fingerprint density at radius 1 is 1.41 bits per heavy atom. The molecule has 5 heteroatoms. The first-order chi connectivity index (χ1) is 8.22. The van der Waals surface area contributed by atoms with Gasteiger partial charge >= 0.3 is 0 Å². The van der Waals surface area contributed by atoms with Crippen LogP contribution in [-0.4, -0.2) is 58.9 Å². The van der Waals surface area contributed by atoms with Crippen molar-refractivity contribution < 1.29 is 4.79 Å². The summed E-state index contributed by atoms with van der Waals surface area (Å²) in [5, 5.41) is 9.06. The number of carbonyl (C=O) groups excluding carboxylic acids is 1. The molecule has 0 aromatic heterocycles. The number of nitrogens with zero attached hydrogens (tertiary/aromatic N) is 3. The van der Waals surface area contributed by atoms with Gasteiger partial charge in [-0.25, -0.2) is 0 Å². The van der Waals surface area contributed by atoms with Crippen molar-refractivity contribution >= 4 is 17.7 Å². The average Bonchev–Trinajstić information content (AvgIpc) is 2.91. The largest absolute Gasteiger partial charge is 0.339 e. The van der Waals surface area contributed by atoms with Gasteiger partial charge in [-0.2, -0.15) is 5.26 Å². The number of piperazine rings is 1. The van der Waals surface area contributed by atoms with E-state index in [9.17, 15) is 4.79 Å². The van der Waals surface area contributed by atoms with Crippen LogP contribution in [0.1, 0.15) is 19.8 Å². The molecular weight excluding hydrogens is 234 g/mol. The zero-order chi connectivity index (χ0) is 12.3. The highest BCUT2D eigenvalue weighted by Gasteiger charge is 2.30. The maximum Gasteiger partial charge on any atom is 0.235 e. The molecule has 1 amide bonds. The van der Waals surface area contributed by atoms with Crippen molar-refractivity contribution in [3.8, 4) is 6.07 Å². The molecule has 2 aliphatic rings. The molecule has 0 aliphatic carbocycles. The monoisotopic (exact) mass is 253 g/mol. The van der Waals surface area contributed by atoms with Crippen molar-refractivity contribution in [3.05, 3.63) is 0 Å². The number of amides is 1. The zero-order valence-corrected chi connectivity index (χ0v) is 11.1. The van der Waals surface area contributed by atoms with Gasteiger partial charge in [0, 0.05) is 26.2 Å². The van der Waals surface area contributed by atoms with Crippen LogP contribution >= 0.6 is 11.8 Å². The molecule has 0 bridgehead atoms. The van der Waals surface area contributed by atoms with E-state index in [1.807, 2.05) is 11.8 Å². The van der Waals surface area contributed by atoms with Crippen molar-refractivity contribution in [2.24, 2.45) is 0 Å². The average molecular weight is 253 g/mol. The minimum Gasteiger partial charge on any atom is -0.339 e. The quantitative estimate of drug-likeness (QED) is 0.735. The van der Waals surface area contributed by atoms with Gasteiger partial charge < -0.3 is 4.90 Å². The van der Waals surface area contributed by atoms with E-state index in [2.05, 4.69) is 11.0 Å². The maximum atomic E-state index is 12.2. The summed E-state index contributed by atoms with van der Waals surface area (Å²) in [5.41, 5.74) is 0. The predicted octanol–water partition coefficient (Wildman–Crippen LogP) is 0.938. The lowest BCUT2D eigenvalue weighted by molar-refractivity contribution is -0.132. The van der Waals surface area contributed by atoms with Crippen LogP contribution in [0.4, 0.5) is 0 Å². The zero-order valence-electron chi connectivity index (χ0n) is 10.3. The van der Waals surface area contributed by atoms with Crippen LogP contribution in [0.5, 0.6) is 0 Å². The Bertz CT molecular complexity index is 314. The Kier molecular flexibility index (Phi) is 4.30. The normalized spacial score (nSPS) is 27.8. The Hall–Kier alpha value is -0.730. The third-order valence-electron chi connectivity index (χ3n) is 3.57. The van der Waals surface area contributed by atoms with Crippen molar-refractivity contribution in [2.45, 2.75) is 31.1 Å². The van der Waals surface area contributed by atoms with E-state index in [0.29, 0.717) is 5.91 Å². The van der Waals surface area contributed by atoms with Gasteiger partial charge in [-0.1, -0.05) is 0 Å². The summed E-state index contributed by atoms with van der Waals surface area (Å²) in [6, 6.07) is 2.22. The van der Waals surface area contributed by atoms with Gasteiger partial charge in [0.15, 0.2) is 0 Å². The molecule has 2 rings (SSSR count). The number of thioether (sulfide) groups is 1. The van der Waals surface area contributed by atoms with Gasteiger partial charge in [0.2, 0.25) is 5.91 Å². The molecule has 0 aromatic rings. The standard InChI is InChI=1S/C12H19N3OS/c1-10(9-13)14-4-6-15(7-5-14)12(16)11-3-2-8-17-11/h10-11H,2-8H2,1H3. The van der Waals surface area contributed by atoms with Gasteiger partial charge in [-0.05, 0) is 25.5 Å².